The Labute approximate surface area is 126 Å². The average Bonchev–Trinajstić information content (AvgIpc) is 2.40. The number of hydrogen-bond donors (Lipinski definition) is 1. The summed E-state index contributed by atoms with van der Waals surface area (Å²) >= 11 is 0. The van der Waals surface area contributed by atoms with E-state index in [-0.39, 0.29) is 18.6 Å². The van der Waals surface area contributed by atoms with Gasteiger partial charge in [0.15, 0.2) is 5.82 Å². The molecule has 1 rings (SSSR count). The van der Waals surface area contributed by atoms with Crippen molar-refractivity contribution in [3.8, 4) is 5.88 Å². The Morgan fingerprint density at radius 3 is 2.57 bits per heavy atom. The molecule has 1 amide bonds. The Kier molecular flexibility index (Phi) is 6.20. The summed E-state index contributed by atoms with van der Waals surface area (Å²) in [6.07, 6.45) is 2.26. The van der Waals surface area contributed by atoms with E-state index in [1.54, 1.807) is 19.0 Å². The number of hydrogen-bond acceptors (Lipinski definition) is 6. The fraction of sp³-hybridized carbons (Fsp3) is 0.643. The first kappa shape index (κ1) is 17.0. The lowest BCUT2D eigenvalue weighted by atomic mass is 10.3. The normalized spacial score (nSPS) is 10.6. The quantitative estimate of drug-likeness (QED) is 0.812. The van der Waals surface area contributed by atoms with Crippen LogP contribution in [0.1, 0.15) is 27.2 Å². The number of carbonyl (C=O) groups is 1. The van der Waals surface area contributed by atoms with E-state index >= 15 is 0 Å². The second kappa shape index (κ2) is 7.66. The minimum atomic E-state index is -0.0296. The molecule has 1 aromatic heterocycles. The highest BCUT2D eigenvalue weighted by atomic mass is 16.5. The molecule has 1 aromatic rings. The van der Waals surface area contributed by atoms with Crippen LogP contribution in [0.15, 0.2) is 6.33 Å². The first-order valence-corrected chi connectivity index (χ1v) is 7.09. The zero-order chi connectivity index (χ0) is 16.0. The van der Waals surface area contributed by atoms with E-state index in [9.17, 15) is 4.79 Å². The van der Waals surface area contributed by atoms with Gasteiger partial charge in [-0.15, -0.1) is 0 Å². The number of nitrogens with two attached hydrogens (primary N) is 1. The van der Waals surface area contributed by atoms with Gasteiger partial charge in [0.05, 0.1) is 12.6 Å². The van der Waals surface area contributed by atoms with Crippen molar-refractivity contribution in [1.82, 2.24) is 14.9 Å². The van der Waals surface area contributed by atoms with Crippen LogP contribution >= 0.6 is 0 Å². The Morgan fingerprint density at radius 1 is 1.38 bits per heavy atom. The number of ether oxygens (including phenoxy) is 1. The van der Waals surface area contributed by atoms with Gasteiger partial charge in [0.1, 0.15) is 12.0 Å². The van der Waals surface area contributed by atoms with E-state index in [0.717, 1.165) is 6.42 Å². The molecule has 0 aliphatic carbocycles. The Morgan fingerprint density at radius 2 is 2.05 bits per heavy atom. The van der Waals surface area contributed by atoms with E-state index in [1.807, 2.05) is 25.7 Å². The van der Waals surface area contributed by atoms with Gasteiger partial charge in [-0.2, -0.15) is 4.98 Å². The third kappa shape index (κ3) is 4.77. The van der Waals surface area contributed by atoms with Gasteiger partial charge in [0.25, 0.3) is 0 Å². The lowest BCUT2D eigenvalue weighted by Crippen LogP contribution is -2.38. The molecule has 0 bridgehead atoms. The molecule has 1 heterocycles. The van der Waals surface area contributed by atoms with Crippen LogP contribution in [0.4, 0.5) is 11.5 Å². The first-order valence-electron chi connectivity index (χ1n) is 7.09. The number of likely N-dealkylation sites (N-methyl/N-ethyl adjacent to an activating group) is 1. The molecule has 0 aliphatic heterocycles. The van der Waals surface area contributed by atoms with E-state index in [0.29, 0.717) is 23.9 Å². The Balaban J connectivity index is 3.04. The highest BCUT2D eigenvalue weighted by Crippen LogP contribution is 2.28. The third-order valence-electron chi connectivity index (χ3n) is 2.79. The molecule has 0 aromatic carbocycles. The molecule has 21 heavy (non-hydrogen) atoms. The number of aromatic nitrogens is 2. The minimum absolute atomic E-state index is 0.00668. The fourth-order valence-electron chi connectivity index (χ4n) is 1.77. The maximum atomic E-state index is 11.9. The molecule has 7 nitrogen and oxygen atoms in total. The molecule has 0 unspecified atom stereocenters. The molecular formula is C14H25N5O2. The van der Waals surface area contributed by atoms with E-state index in [4.69, 9.17) is 10.5 Å². The number of rotatable bonds is 7. The topological polar surface area (TPSA) is 84.6 Å². The van der Waals surface area contributed by atoms with E-state index < -0.39 is 0 Å². The van der Waals surface area contributed by atoms with Crippen molar-refractivity contribution in [2.24, 2.45) is 0 Å². The van der Waals surface area contributed by atoms with Crippen LogP contribution in [-0.2, 0) is 4.79 Å². The largest absolute Gasteiger partial charge is 0.473 e. The SMILES string of the molecule is CCCN(CC(=O)N(C)C)c1ncnc(OC(C)C)c1N. The first-order chi connectivity index (χ1) is 9.86. The molecule has 0 aliphatic rings. The van der Waals surface area contributed by atoms with E-state index in [2.05, 4.69) is 9.97 Å². The number of anilines is 2. The van der Waals surface area contributed by atoms with Gasteiger partial charge in [0, 0.05) is 20.6 Å². The second-order valence-corrected chi connectivity index (χ2v) is 5.29. The number of amides is 1. The maximum Gasteiger partial charge on any atom is 0.242 e. The lowest BCUT2D eigenvalue weighted by Gasteiger charge is -2.25. The average molecular weight is 295 g/mol. The summed E-state index contributed by atoms with van der Waals surface area (Å²) in [5, 5.41) is 0. The third-order valence-corrected chi connectivity index (χ3v) is 2.79. The summed E-state index contributed by atoms with van der Waals surface area (Å²) in [5.74, 6) is 0.888. The molecule has 0 fully saturated rings. The fourth-order valence-corrected chi connectivity index (χ4v) is 1.77. The van der Waals surface area contributed by atoms with Gasteiger partial charge >= 0.3 is 0 Å². The van der Waals surface area contributed by atoms with Gasteiger partial charge in [-0.1, -0.05) is 6.92 Å². The van der Waals surface area contributed by atoms with Crippen molar-refractivity contribution in [3.63, 3.8) is 0 Å². The van der Waals surface area contributed by atoms with Crippen molar-refractivity contribution < 1.29 is 9.53 Å². The standard InChI is InChI=1S/C14H25N5O2/c1-6-7-19(8-11(20)18(4)5)13-12(15)14(17-9-16-13)21-10(2)3/h9-10H,6-8,15H2,1-5H3. The maximum absolute atomic E-state index is 11.9. The minimum Gasteiger partial charge on any atom is -0.473 e. The van der Waals surface area contributed by atoms with Gasteiger partial charge in [-0.25, -0.2) is 4.98 Å². The second-order valence-electron chi connectivity index (χ2n) is 5.29. The zero-order valence-electron chi connectivity index (χ0n) is 13.5. The summed E-state index contributed by atoms with van der Waals surface area (Å²) in [5.41, 5.74) is 6.46. The molecule has 7 heteroatoms. The summed E-state index contributed by atoms with van der Waals surface area (Å²) in [6.45, 7) is 6.75. The monoisotopic (exact) mass is 295 g/mol. The van der Waals surface area contributed by atoms with Crippen molar-refractivity contribution in [2.75, 3.05) is 37.8 Å². The van der Waals surface area contributed by atoms with Crippen molar-refractivity contribution in [1.29, 1.82) is 0 Å². The molecule has 0 saturated heterocycles. The molecule has 2 N–H and O–H groups in total. The number of nitrogens with zero attached hydrogens (tertiary/aromatic N) is 4. The van der Waals surface area contributed by atoms with Crippen LogP contribution in [0.3, 0.4) is 0 Å². The molecule has 0 spiro atoms. The van der Waals surface area contributed by atoms with Crippen molar-refractivity contribution >= 4 is 17.4 Å². The summed E-state index contributed by atoms with van der Waals surface area (Å²) in [6, 6.07) is 0. The van der Waals surface area contributed by atoms with Crippen LogP contribution in [0, 0.1) is 0 Å². The zero-order valence-corrected chi connectivity index (χ0v) is 13.5. The number of carbonyl (C=O) groups excluding carboxylic acids is 1. The molecule has 118 valence electrons. The molecule has 0 saturated carbocycles. The van der Waals surface area contributed by atoms with Crippen LogP contribution in [0.5, 0.6) is 5.88 Å². The van der Waals surface area contributed by atoms with Gasteiger partial charge in [-0.05, 0) is 20.3 Å². The molecule has 0 atom stereocenters. The predicted molar refractivity (Wildman–Crippen MR) is 83.4 cm³/mol. The van der Waals surface area contributed by atoms with Crippen LogP contribution < -0.4 is 15.4 Å². The Hall–Kier alpha value is -2.05. The number of nitrogen functional groups attached to an aromatic ring is 1. The van der Waals surface area contributed by atoms with Crippen LogP contribution in [-0.4, -0.2) is 54.1 Å². The van der Waals surface area contributed by atoms with Crippen molar-refractivity contribution in [2.45, 2.75) is 33.3 Å². The van der Waals surface area contributed by atoms with Crippen LogP contribution in [0.25, 0.3) is 0 Å². The highest BCUT2D eigenvalue weighted by molar-refractivity contribution is 5.82. The summed E-state index contributed by atoms with van der Waals surface area (Å²) in [7, 11) is 3.45. The van der Waals surface area contributed by atoms with Crippen LogP contribution in [0.2, 0.25) is 0 Å². The summed E-state index contributed by atoms with van der Waals surface area (Å²) in [4.78, 5) is 23.6. The van der Waals surface area contributed by atoms with Gasteiger partial charge in [0.2, 0.25) is 11.8 Å². The molecular weight excluding hydrogens is 270 g/mol. The predicted octanol–water partition coefficient (Wildman–Crippen LogP) is 1.15. The van der Waals surface area contributed by atoms with Gasteiger partial charge in [-0.3, -0.25) is 4.79 Å². The highest BCUT2D eigenvalue weighted by Gasteiger charge is 2.19. The smallest absolute Gasteiger partial charge is 0.242 e. The van der Waals surface area contributed by atoms with E-state index in [1.165, 1.54) is 6.33 Å². The molecule has 0 radical (unpaired) electrons. The summed E-state index contributed by atoms with van der Waals surface area (Å²) < 4.78 is 5.57. The lowest BCUT2D eigenvalue weighted by molar-refractivity contribution is -0.127. The Bertz CT molecular complexity index is 476. The van der Waals surface area contributed by atoms with Gasteiger partial charge < -0.3 is 20.3 Å². The van der Waals surface area contributed by atoms with Crippen molar-refractivity contribution in [3.05, 3.63) is 6.33 Å².